The normalized spacial score (nSPS) is 16.2. The molecule has 0 bridgehead atoms. The number of phenols is 1. The smallest absolute Gasteiger partial charge is 0.344 e. The van der Waals surface area contributed by atoms with Crippen LogP contribution in [0.15, 0.2) is 63.7 Å². The Bertz CT molecular complexity index is 1040. The first-order valence-electron chi connectivity index (χ1n) is 9.07. The van der Waals surface area contributed by atoms with Gasteiger partial charge in [0, 0.05) is 11.6 Å². The summed E-state index contributed by atoms with van der Waals surface area (Å²) in [4.78, 5) is 17.3. The first-order valence-corrected chi connectivity index (χ1v) is 9.88. The van der Waals surface area contributed by atoms with E-state index >= 15 is 0 Å². The number of benzene rings is 2. The van der Waals surface area contributed by atoms with Gasteiger partial charge < -0.3 is 24.4 Å². The first kappa shape index (κ1) is 21.3. The van der Waals surface area contributed by atoms with Crippen molar-refractivity contribution in [3.8, 4) is 17.2 Å². The summed E-state index contributed by atoms with van der Waals surface area (Å²) in [5.41, 5.74) is 1.03. The van der Waals surface area contributed by atoms with Gasteiger partial charge in [-0.1, -0.05) is 11.8 Å². The third-order valence-electron chi connectivity index (χ3n) is 4.20. The molecule has 1 aliphatic rings. The van der Waals surface area contributed by atoms with Gasteiger partial charge in [-0.2, -0.15) is 0 Å². The predicted octanol–water partition coefficient (Wildman–Crippen LogP) is 4.60. The van der Waals surface area contributed by atoms with Crippen LogP contribution in [0.1, 0.15) is 12.5 Å². The number of rotatable bonds is 6. The van der Waals surface area contributed by atoms with Crippen molar-refractivity contribution in [1.29, 1.82) is 0 Å². The van der Waals surface area contributed by atoms with Crippen LogP contribution in [0, 0.1) is 0 Å². The highest BCUT2D eigenvalue weighted by molar-refractivity contribution is 8.18. The number of thioether (sulfide) groups is 1. The minimum absolute atomic E-state index is 0.0167. The molecule has 3 rings (SSSR count). The second kappa shape index (κ2) is 9.41. The Balaban J connectivity index is 2.02. The maximum atomic E-state index is 12.5. The van der Waals surface area contributed by atoms with E-state index in [1.165, 1.54) is 13.2 Å². The van der Waals surface area contributed by atoms with E-state index in [0.29, 0.717) is 32.7 Å². The number of carbonyl (C=O) groups excluding carboxylic acids is 1. The number of phenolic OH excluding ortho intramolecular Hbond substituents is 1. The van der Waals surface area contributed by atoms with Gasteiger partial charge in [0.15, 0.2) is 0 Å². The summed E-state index contributed by atoms with van der Waals surface area (Å²) in [6.07, 6.45) is 1.57. The zero-order chi connectivity index (χ0) is 21.7. The molecule has 0 saturated heterocycles. The fourth-order valence-corrected chi connectivity index (χ4v) is 3.71. The minimum atomic E-state index is -0.669. The number of esters is 1. The zero-order valence-electron chi connectivity index (χ0n) is 16.7. The van der Waals surface area contributed by atoms with E-state index in [1.807, 2.05) is 0 Å². The number of carbonyl (C=O) groups is 1. The Morgan fingerprint density at radius 1 is 1.07 bits per heavy atom. The van der Waals surface area contributed by atoms with Gasteiger partial charge in [0.25, 0.3) is 0 Å². The van der Waals surface area contributed by atoms with E-state index in [0.717, 1.165) is 11.8 Å². The van der Waals surface area contributed by atoms with Gasteiger partial charge in [0.1, 0.15) is 33.6 Å². The van der Waals surface area contributed by atoms with Crippen molar-refractivity contribution in [3.05, 3.63) is 64.3 Å². The molecule has 2 aromatic carbocycles. The van der Waals surface area contributed by atoms with Crippen LogP contribution < -0.4 is 9.47 Å². The van der Waals surface area contributed by atoms with Crippen LogP contribution >= 0.6 is 11.8 Å². The Morgan fingerprint density at radius 3 is 2.33 bits per heavy atom. The van der Waals surface area contributed by atoms with Crippen LogP contribution in [-0.2, 0) is 9.53 Å². The van der Waals surface area contributed by atoms with Crippen molar-refractivity contribution >= 4 is 34.5 Å². The number of aliphatic hydroxyl groups excluding tert-OH is 1. The van der Waals surface area contributed by atoms with E-state index in [2.05, 4.69) is 4.99 Å². The molecule has 30 heavy (non-hydrogen) atoms. The quantitative estimate of drug-likeness (QED) is 0.650. The van der Waals surface area contributed by atoms with Gasteiger partial charge >= 0.3 is 5.97 Å². The van der Waals surface area contributed by atoms with Crippen LogP contribution in [0.4, 0.5) is 5.69 Å². The second-order valence-electron chi connectivity index (χ2n) is 6.09. The summed E-state index contributed by atoms with van der Waals surface area (Å²) in [6.45, 7) is 1.85. The van der Waals surface area contributed by atoms with Crippen molar-refractivity contribution < 1.29 is 29.2 Å². The molecule has 0 radical (unpaired) electrons. The molecule has 2 aromatic rings. The molecule has 0 aromatic heterocycles. The van der Waals surface area contributed by atoms with E-state index in [-0.39, 0.29) is 23.7 Å². The number of aliphatic imine (C=N–C) groups is 1. The SMILES string of the molecule is CCOC(=O)C1=C(O)C(=Cc2ccc(OC)cc2O)SC1=Nc1ccc(OC)cc1. The highest BCUT2D eigenvalue weighted by Crippen LogP contribution is 2.41. The van der Waals surface area contributed by atoms with Crippen molar-refractivity contribution in [2.75, 3.05) is 20.8 Å². The molecule has 0 aliphatic carbocycles. The first-order chi connectivity index (χ1) is 14.5. The van der Waals surface area contributed by atoms with Gasteiger partial charge in [0.05, 0.1) is 31.4 Å². The molecule has 1 heterocycles. The zero-order valence-corrected chi connectivity index (χ0v) is 17.5. The summed E-state index contributed by atoms with van der Waals surface area (Å²) < 4.78 is 15.3. The second-order valence-corrected chi connectivity index (χ2v) is 7.13. The molecule has 8 heteroatoms. The molecule has 2 N–H and O–H groups in total. The van der Waals surface area contributed by atoms with Crippen LogP contribution in [0.5, 0.6) is 17.2 Å². The number of nitrogens with zero attached hydrogens (tertiary/aromatic N) is 1. The number of aromatic hydroxyl groups is 1. The van der Waals surface area contributed by atoms with Crippen molar-refractivity contribution in [1.82, 2.24) is 0 Å². The van der Waals surface area contributed by atoms with Crippen molar-refractivity contribution in [3.63, 3.8) is 0 Å². The molecular weight excluding hydrogens is 406 g/mol. The lowest BCUT2D eigenvalue weighted by Gasteiger charge is -2.04. The Labute approximate surface area is 178 Å². The molecule has 0 fully saturated rings. The van der Waals surface area contributed by atoms with Crippen LogP contribution in [0.3, 0.4) is 0 Å². The fourth-order valence-electron chi connectivity index (χ4n) is 2.68. The lowest BCUT2D eigenvalue weighted by atomic mass is 10.1. The Kier molecular flexibility index (Phi) is 6.68. The van der Waals surface area contributed by atoms with Gasteiger partial charge in [-0.3, -0.25) is 0 Å². The summed E-state index contributed by atoms with van der Waals surface area (Å²) in [5, 5.41) is 21.2. The number of hydrogen-bond donors (Lipinski definition) is 2. The van der Waals surface area contributed by atoms with Gasteiger partial charge in [-0.25, -0.2) is 9.79 Å². The molecule has 156 valence electrons. The van der Waals surface area contributed by atoms with E-state index < -0.39 is 5.97 Å². The summed E-state index contributed by atoms with van der Waals surface area (Å²) in [7, 11) is 3.07. The number of aliphatic hydroxyl groups is 1. The molecule has 0 saturated carbocycles. The van der Waals surface area contributed by atoms with Crippen LogP contribution in [0.25, 0.3) is 6.08 Å². The van der Waals surface area contributed by atoms with E-state index in [4.69, 9.17) is 14.2 Å². The summed E-state index contributed by atoms with van der Waals surface area (Å²) >= 11 is 1.11. The molecule has 7 nitrogen and oxygen atoms in total. The van der Waals surface area contributed by atoms with Gasteiger partial charge in [-0.05, 0) is 49.4 Å². The molecule has 0 unspecified atom stereocenters. The third kappa shape index (κ3) is 4.60. The molecule has 1 aliphatic heterocycles. The fraction of sp³-hybridized carbons (Fsp3) is 0.182. The lowest BCUT2D eigenvalue weighted by Crippen LogP contribution is -2.12. The largest absolute Gasteiger partial charge is 0.507 e. The third-order valence-corrected chi connectivity index (χ3v) is 5.22. The average molecular weight is 427 g/mol. The topological polar surface area (TPSA) is 97.6 Å². The van der Waals surface area contributed by atoms with Crippen molar-refractivity contribution in [2.24, 2.45) is 4.99 Å². The Hall–Kier alpha value is -3.39. The lowest BCUT2D eigenvalue weighted by molar-refractivity contribution is -0.138. The van der Waals surface area contributed by atoms with E-state index in [9.17, 15) is 15.0 Å². The molecular formula is C22H21NO6S. The highest BCUT2D eigenvalue weighted by atomic mass is 32.2. The maximum absolute atomic E-state index is 12.5. The van der Waals surface area contributed by atoms with Gasteiger partial charge in [0.2, 0.25) is 0 Å². The summed E-state index contributed by atoms with van der Waals surface area (Å²) in [5.74, 6) is 0.242. The summed E-state index contributed by atoms with van der Waals surface area (Å²) in [6, 6.07) is 11.8. The van der Waals surface area contributed by atoms with Crippen LogP contribution in [-0.4, -0.2) is 42.1 Å². The number of hydrogen-bond acceptors (Lipinski definition) is 8. The monoisotopic (exact) mass is 427 g/mol. The predicted molar refractivity (Wildman–Crippen MR) is 117 cm³/mol. The molecule has 0 spiro atoms. The number of methoxy groups -OCH3 is 2. The van der Waals surface area contributed by atoms with Crippen molar-refractivity contribution in [2.45, 2.75) is 6.92 Å². The standard InChI is InChI=1S/C22H21NO6S/c1-4-29-22(26)19-20(25)18(11-13-5-8-16(28-3)12-17(13)24)30-21(19)23-14-6-9-15(27-2)10-7-14/h5-12,24-25H,4H2,1-3H3. The van der Waals surface area contributed by atoms with Crippen LogP contribution in [0.2, 0.25) is 0 Å². The van der Waals surface area contributed by atoms with Gasteiger partial charge in [-0.15, -0.1) is 0 Å². The molecule has 0 amide bonds. The minimum Gasteiger partial charge on any atom is -0.507 e. The molecule has 0 atom stereocenters. The average Bonchev–Trinajstić information content (AvgIpc) is 3.05. The van der Waals surface area contributed by atoms with E-state index in [1.54, 1.807) is 56.5 Å². The highest BCUT2D eigenvalue weighted by Gasteiger charge is 2.33. The maximum Gasteiger partial charge on any atom is 0.344 e. The number of ether oxygens (including phenoxy) is 3. The Morgan fingerprint density at radius 2 is 1.73 bits per heavy atom.